The summed E-state index contributed by atoms with van der Waals surface area (Å²) in [6.07, 6.45) is 9.63. The molecule has 0 bridgehead atoms. The number of hydrogen-bond donors (Lipinski definition) is 1. The molecule has 0 amide bonds. The summed E-state index contributed by atoms with van der Waals surface area (Å²) in [7, 11) is 0. The van der Waals surface area contributed by atoms with Crippen molar-refractivity contribution in [2.75, 3.05) is 0 Å². The van der Waals surface area contributed by atoms with Crippen LogP contribution in [0.1, 0.15) is 55.6 Å². The standard InChI is InChI=1S/C14H23NOS/c1-11-10-17-14(15-11)9-13(16)12-7-5-3-2-4-6-8-12/h10,12-13,16H,2-9H2,1H3. The van der Waals surface area contributed by atoms with Crippen molar-refractivity contribution in [3.8, 4) is 0 Å². The van der Waals surface area contributed by atoms with Crippen molar-refractivity contribution in [2.24, 2.45) is 5.92 Å². The highest BCUT2D eigenvalue weighted by Gasteiger charge is 2.21. The predicted molar refractivity (Wildman–Crippen MR) is 72.4 cm³/mol. The van der Waals surface area contributed by atoms with Crippen LogP contribution in [0, 0.1) is 12.8 Å². The van der Waals surface area contributed by atoms with Crippen molar-refractivity contribution in [1.82, 2.24) is 4.98 Å². The average Bonchev–Trinajstić information content (AvgIpc) is 2.63. The first-order chi connectivity index (χ1) is 8.25. The quantitative estimate of drug-likeness (QED) is 0.890. The summed E-state index contributed by atoms with van der Waals surface area (Å²) >= 11 is 1.68. The van der Waals surface area contributed by atoms with Crippen LogP contribution in [0.5, 0.6) is 0 Å². The molecule has 0 aliphatic heterocycles. The smallest absolute Gasteiger partial charge is 0.0954 e. The van der Waals surface area contributed by atoms with Crippen molar-refractivity contribution in [2.45, 2.75) is 64.4 Å². The highest BCUT2D eigenvalue weighted by molar-refractivity contribution is 7.09. The first-order valence-electron chi connectivity index (χ1n) is 6.85. The lowest BCUT2D eigenvalue weighted by atomic mass is 9.86. The van der Waals surface area contributed by atoms with E-state index >= 15 is 0 Å². The Balaban J connectivity index is 1.86. The van der Waals surface area contributed by atoms with E-state index in [1.165, 1.54) is 44.9 Å². The molecule has 1 atom stereocenters. The van der Waals surface area contributed by atoms with Gasteiger partial charge < -0.3 is 5.11 Å². The minimum absolute atomic E-state index is 0.182. The Morgan fingerprint density at radius 2 is 1.94 bits per heavy atom. The molecule has 1 fully saturated rings. The Morgan fingerprint density at radius 3 is 2.53 bits per heavy atom. The maximum absolute atomic E-state index is 10.3. The Kier molecular flexibility index (Phi) is 4.99. The second-order valence-electron chi connectivity index (χ2n) is 5.26. The number of aryl methyl sites for hydroxylation is 1. The van der Waals surface area contributed by atoms with Crippen molar-refractivity contribution in [3.05, 3.63) is 16.1 Å². The molecule has 1 saturated carbocycles. The fraction of sp³-hybridized carbons (Fsp3) is 0.786. The summed E-state index contributed by atoms with van der Waals surface area (Å²) < 4.78 is 0. The van der Waals surface area contributed by atoms with E-state index in [2.05, 4.69) is 10.4 Å². The van der Waals surface area contributed by atoms with Gasteiger partial charge >= 0.3 is 0 Å². The molecular weight excluding hydrogens is 230 g/mol. The summed E-state index contributed by atoms with van der Waals surface area (Å²) in [5.74, 6) is 0.500. The number of aliphatic hydroxyl groups excluding tert-OH is 1. The number of rotatable bonds is 3. The second-order valence-corrected chi connectivity index (χ2v) is 6.20. The molecule has 2 rings (SSSR count). The minimum Gasteiger partial charge on any atom is -0.392 e. The average molecular weight is 253 g/mol. The normalized spacial score (nSPS) is 20.8. The van der Waals surface area contributed by atoms with E-state index in [0.29, 0.717) is 5.92 Å². The predicted octanol–water partition coefficient (Wildman–Crippen LogP) is 3.72. The third-order valence-electron chi connectivity index (χ3n) is 3.74. The fourth-order valence-electron chi connectivity index (χ4n) is 2.71. The van der Waals surface area contributed by atoms with Gasteiger partial charge in [0.1, 0.15) is 0 Å². The molecule has 1 aromatic heterocycles. The molecule has 3 heteroatoms. The third-order valence-corrected chi connectivity index (χ3v) is 4.73. The summed E-state index contributed by atoms with van der Waals surface area (Å²) in [6.45, 7) is 2.02. The lowest BCUT2D eigenvalue weighted by molar-refractivity contribution is 0.0912. The van der Waals surface area contributed by atoms with Gasteiger partial charge in [-0.25, -0.2) is 4.98 Å². The van der Waals surface area contributed by atoms with Crippen LogP contribution < -0.4 is 0 Å². The number of nitrogens with zero attached hydrogens (tertiary/aromatic N) is 1. The maximum atomic E-state index is 10.3. The summed E-state index contributed by atoms with van der Waals surface area (Å²) in [5, 5.41) is 13.5. The lowest BCUT2D eigenvalue weighted by Gasteiger charge is -2.24. The Hall–Kier alpha value is -0.410. The molecule has 1 unspecified atom stereocenters. The van der Waals surface area contributed by atoms with Gasteiger partial charge in [0.05, 0.1) is 11.1 Å². The van der Waals surface area contributed by atoms with Crippen LogP contribution in [0.2, 0.25) is 0 Å². The van der Waals surface area contributed by atoms with E-state index in [4.69, 9.17) is 0 Å². The van der Waals surface area contributed by atoms with E-state index in [9.17, 15) is 5.11 Å². The molecule has 0 spiro atoms. The van der Waals surface area contributed by atoms with Crippen molar-refractivity contribution in [3.63, 3.8) is 0 Å². The Morgan fingerprint density at radius 1 is 1.29 bits per heavy atom. The highest BCUT2D eigenvalue weighted by Crippen LogP contribution is 2.27. The lowest BCUT2D eigenvalue weighted by Crippen LogP contribution is -2.23. The van der Waals surface area contributed by atoms with E-state index < -0.39 is 0 Å². The van der Waals surface area contributed by atoms with Crippen LogP contribution in [0.4, 0.5) is 0 Å². The van der Waals surface area contributed by atoms with Gasteiger partial charge in [0.25, 0.3) is 0 Å². The molecule has 2 nitrogen and oxygen atoms in total. The summed E-state index contributed by atoms with van der Waals surface area (Å²) in [5.41, 5.74) is 1.08. The zero-order valence-corrected chi connectivity index (χ0v) is 11.5. The monoisotopic (exact) mass is 253 g/mol. The van der Waals surface area contributed by atoms with E-state index in [0.717, 1.165) is 17.1 Å². The third kappa shape index (κ3) is 4.07. The molecule has 1 aliphatic carbocycles. The van der Waals surface area contributed by atoms with Crippen LogP contribution in [-0.2, 0) is 6.42 Å². The number of aliphatic hydroxyl groups is 1. The molecule has 96 valence electrons. The van der Waals surface area contributed by atoms with Gasteiger partial charge in [0.2, 0.25) is 0 Å². The van der Waals surface area contributed by atoms with Crippen LogP contribution in [0.3, 0.4) is 0 Å². The fourth-order valence-corrected chi connectivity index (χ4v) is 3.54. The van der Waals surface area contributed by atoms with Gasteiger partial charge in [-0.15, -0.1) is 11.3 Å². The van der Waals surface area contributed by atoms with Gasteiger partial charge in [-0.3, -0.25) is 0 Å². The number of thiazole rings is 1. The van der Waals surface area contributed by atoms with Gasteiger partial charge in [-0.05, 0) is 25.7 Å². The van der Waals surface area contributed by atoms with E-state index in [1.54, 1.807) is 11.3 Å². The molecular formula is C14H23NOS. The highest BCUT2D eigenvalue weighted by atomic mass is 32.1. The van der Waals surface area contributed by atoms with E-state index in [-0.39, 0.29) is 6.10 Å². The summed E-state index contributed by atoms with van der Waals surface area (Å²) in [4.78, 5) is 4.45. The molecule has 0 aromatic carbocycles. The van der Waals surface area contributed by atoms with Crippen molar-refractivity contribution >= 4 is 11.3 Å². The van der Waals surface area contributed by atoms with Crippen molar-refractivity contribution < 1.29 is 5.11 Å². The molecule has 1 aliphatic rings. The van der Waals surface area contributed by atoms with Gasteiger partial charge in [-0.2, -0.15) is 0 Å². The molecule has 0 radical (unpaired) electrons. The zero-order valence-electron chi connectivity index (χ0n) is 10.7. The first kappa shape index (κ1) is 13.0. The molecule has 17 heavy (non-hydrogen) atoms. The van der Waals surface area contributed by atoms with Crippen LogP contribution in [0.25, 0.3) is 0 Å². The van der Waals surface area contributed by atoms with Crippen molar-refractivity contribution in [1.29, 1.82) is 0 Å². The number of aromatic nitrogens is 1. The van der Waals surface area contributed by atoms with Crippen LogP contribution >= 0.6 is 11.3 Å². The first-order valence-corrected chi connectivity index (χ1v) is 7.73. The minimum atomic E-state index is -0.182. The molecule has 0 saturated heterocycles. The Labute approximate surface area is 108 Å². The second kappa shape index (κ2) is 6.50. The van der Waals surface area contributed by atoms with Gasteiger partial charge in [0.15, 0.2) is 0 Å². The Bertz CT molecular complexity index is 329. The largest absolute Gasteiger partial charge is 0.392 e. The topological polar surface area (TPSA) is 33.1 Å². The molecule has 1 heterocycles. The molecule has 1 N–H and O–H groups in total. The van der Waals surface area contributed by atoms with Gasteiger partial charge in [0, 0.05) is 17.5 Å². The van der Waals surface area contributed by atoms with Crippen LogP contribution in [0.15, 0.2) is 5.38 Å². The van der Waals surface area contributed by atoms with Crippen LogP contribution in [-0.4, -0.2) is 16.2 Å². The zero-order chi connectivity index (χ0) is 12.1. The molecule has 1 aromatic rings. The van der Waals surface area contributed by atoms with Gasteiger partial charge in [-0.1, -0.05) is 32.1 Å². The maximum Gasteiger partial charge on any atom is 0.0954 e. The summed E-state index contributed by atoms with van der Waals surface area (Å²) in [6, 6.07) is 0. The SMILES string of the molecule is Cc1csc(CC(O)C2CCCCCCC2)n1. The van der Waals surface area contributed by atoms with E-state index in [1.807, 2.05) is 6.92 Å². The number of hydrogen-bond acceptors (Lipinski definition) is 3.